The molecule has 0 bridgehead atoms. The van der Waals surface area contributed by atoms with Crippen LogP contribution in [0.4, 0.5) is 13.2 Å². The Morgan fingerprint density at radius 3 is 2.39 bits per heavy atom. The molecule has 0 aliphatic heterocycles. The number of hydrogen-bond donors (Lipinski definition) is 0. The summed E-state index contributed by atoms with van der Waals surface area (Å²) in [6.07, 6.45) is -3.76. The zero-order chi connectivity index (χ0) is 23.3. The van der Waals surface area contributed by atoms with Crippen LogP contribution < -0.4 is 5.56 Å². The predicted molar refractivity (Wildman–Crippen MR) is 107 cm³/mol. The van der Waals surface area contributed by atoms with E-state index in [2.05, 4.69) is 9.97 Å². The van der Waals surface area contributed by atoms with Gasteiger partial charge in [-0.3, -0.25) is 14.6 Å². The van der Waals surface area contributed by atoms with E-state index in [0.29, 0.717) is 4.57 Å². The molecule has 0 spiro atoms. The molecule has 0 fully saturated rings. The first-order valence-electron chi connectivity index (χ1n) is 8.93. The largest absolute Gasteiger partial charge is 0.431 e. The summed E-state index contributed by atoms with van der Waals surface area (Å²) in [4.78, 5) is 31.9. The van der Waals surface area contributed by atoms with Crippen LogP contribution in [0.5, 0.6) is 0 Å². The van der Waals surface area contributed by atoms with Gasteiger partial charge in [-0.1, -0.05) is 6.92 Å². The second-order valence-corrected chi connectivity index (χ2v) is 9.14. The van der Waals surface area contributed by atoms with Gasteiger partial charge in [0.2, 0.25) is 0 Å². The summed E-state index contributed by atoms with van der Waals surface area (Å²) in [5, 5.41) is -0.933. The van der Waals surface area contributed by atoms with Crippen molar-refractivity contribution in [3.05, 3.63) is 39.9 Å². The fourth-order valence-electron chi connectivity index (χ4n) is 3.19. The van der Waals surface area contributed by atoms with Gasteiger partial charge in [-0.05, 0) is 30.7 Å². The lowest BCUT2D eigenvalue weighted by Gasteiger charge is -2.14. The fraction of sp³-hybridized carbons (Fsp3) is 0.333. The summed E-state index contributed by atoms with van der Waals surface area (Å²) >= 11 is 5.43. The van der Waals surface area contributed by atoms with Gasteiger partial charge in [0, 0.05) is 19.8 Å². The van der Waals surface area contributed by atoms with E-state index in [4.69, 9.17) is 11.6 Å². The first kappa shape index (κ1) is 22.9. The highest BCUT2D eigenvalue weighted by molar-refractivity contribution is 7.91. The Hall–Kier alpha value is -2.73. The maximum atomic E-state index is 13.4. The number of aromatic nitrogens is 4. The van der Waals surface area contributed by atoms with Crippen molar-refractivity contribution in [3.8, 4) is 11.5 Å². The molecule has 0 unspecified atom stereocenters. The molecule has 0 atom stereocenters. The third-order valence-electron chi connectivity index (χ3n) is 4.75. The van der Waals surface area contributed by atoms with Crippen molar-refractivity contribution in [2.24, 2.45) is 7.05 Å². The molecule has 0 amide bonds. The molecule has 0 saturated carbocycles. The summed E-state index contributed by atoms with van der Waals surface area (Å²) in [6.45, 7) is 2.54. The minimum atomic E-state index is -4.79. The van der Waals surface area contributed by atoms with Crippen LogP contribution in [0, 0.1) is 0 Å². The maximum Gasteiger partial charge on any atom is 0.431 e. The number of hydrogen-bond acceptors (Lipinski definition) is 6. The number of fused-ring (bicyclic) bond motifs is 1. The Balaban J connectivity index is 2.43. The van der Waals surface area contributed by atoms with Gasteiger partial charge in [-0.25, -0.2) is 13.4 Å². The molecule has 31 heavy (non-hydrogen) atoms. The molecule has 3 rings (SSSR count). The average molecular weight is 477 g/mol. The Morgan fingerprint density at radius 2 is 1.87 bits per heavy atom. The van der Waals surface area contributed by atoms with Crippen molar-refractivity contribution >= 4 is 37.7 Å². The molecular formula is C18H16ClF3N4O4S. The minimum absolute atomic E-state index is 0.144. The number of halogens is 4. The number of imidazole rings is 1. The molecule has 3 heterocycles. The van der Waals surface area contributed by atoms with Crippen molar-refractivity contribution in [2.75, 3.05) is 5.75 Å². The standard InChI is InChI=1S/C18H16ClF3N4O4S/c1-4-26-12(18(20,21)22)7-10-14(17(26)28)25(3)16(24-10)13-11(31(29,30)5-2)6-9(8-23-13)15(19)27/h6-8H,4-5H2,1-3H3. The van der Waals surface area contributed by atoms with Crippen LogP contribution in [0.1, 0.15) is 29.9 Å². The lowest BCUT2D eigenvalue weighted by Crippen LogP contribution is -2.28. The van der Waals surface area contributed by atoms with Gasteiger partial charge in [0.05, 0.1) is 21.7 Å². The Morgan fingerprint density at radius 1 is 1.23 bits per heavy atom. The minimum Gasteiger partial charge on any atom is -0.321 e. The zero-order valence-corrected chi connectivity index (χ0v) is 18.1. The van der Waals surface area contributed by atoms with Crippen LogP contribution >= 0.6 is 11.6 Å². The van der Waals surface area contributed by atoms with Crippen molar-refractivity contribution in [1.82, 2.24) is 19.1 Å². The van der Waals surface area contributed by atoms with Gasteiger partial charge in [0.15, 0.2) is 15.7 Å². The number of aryl methyl sites for hydroxylation is 1. The van der Waals surface area contributed by atoms with E-state index in [0.717, 1.165) is 18.3 Å². The van der Waals surface area contributed by atoms with Crippen molar-refractivity contribution < 1.29 is 26.4 Å². The predicted octanol–water partition coefficient (Wildman–Crippen LogP) is 3.01. The van der Waals surface area contributed by atoms with Gasteiger partial charge in [0.1, 0.15) is 16.9 Å². The number of carbonyl (C=O) groups is 1. The van der Waals surface area contributed by atoms with Gasteiger partial charge >= 0.3 is 6.18 Å². The van der Waals surface area contributed by atoms with E-state index in [1.54, 1.807) is 0 Å². The SMILES string of the molecule is CCn1c(C(F)(F)F)cc2nc(-c3ncc(C(=O)Cl)cc3S(=O)(=O)CC)n(C)c2c1=O. The van der Waals surface area contributed by atoms with Gasteiger partial charge in [-0.15, -0.1) is 0 Å². The average Bonchev–Trinajstić information content (AvgIpc) is 3.03. The lowest BCUT2D eigenvalue weighted by molar-refractivity contribution is -0.144. The van der Waals surface area contributed by atoms with Crippen molar-refractivity contribution in [2.45, 2.75) is 31.5 Å². The molecule has 0 saturated heterocycles. The summed E-state index contributed by atoms with van der Waals surface area (Å²) in [7, 11) is -2.57. The summed E-state index contributed by atoms with van der Waals surface area (Å²) in [5.74, 6) is -0.485. The number of sulfone groups is 1. The Bertz CT molecular complexity index is 1380. The second kappa shape index (κ2) is 7.75. The monoisotopic (exact) mass is 476 g/mol. The highest BCUT2D eigenvalue weighted by Gasteiger charge is 2.36. The number of alkyl halides is 3. The molecular weight excluding hydrogens is 461 g/mol. The molecule has 0 aliphatic carbocycles. The molecule has 0 aromatic carbocycles. The maximum absolute atomic E-state index is 13.4. The second-order valence-electron chi connectivity index (χ2n) is 6.55. The third-order valence-corrected chi connectivity index (χ3v) is 6.71. The van der Waals surface area contributed by atoms with E-state index in [9.17, 15) is 31.2 Å². The highest BCUT2D eigenvalue weighted by atomic mass is 35.5. The van der Waals surface area contributed by atoms with Crippen LogP contribution in [0.3, 0.4) is 0 Å². The van der Waals surface area contributed by atoms with Crippen molar-refractivity contribution in [1.29, 1.82) is 0 Å². The van der Waals surface area contributed by atoms with E-state index < -0.39 is 32.5 Å². The smallest absolute Gasteiger partial charge is 0.321 e. The quantitative estimate of drug-likeness (QED) is 0.524. The molecule has 13 heteroatoms. The molecule has 166 valence electrons. The van der Waals surface area contributed by atoms with Gasteiger partial charge < -0.3 is 9.13 Å². The Labute approximate surface area is 179 Å². The summed E-state index contributed by atoms with van der Waals surface area (Å²) in [5.41, 5.74) is -2.90. The van der Waals surface area contributed by atoms with Crippen LogP contribution in [0.2, 0.25) is 0 Å². The van der Waals surface area contributed by atoms with E-state index in [-0.39, 0.29) is 45.3 Å². The fourth-order valence-corrected chi connectivity index (χ4v) is 4.35. The summed E-state index contributed by atoms with van der Waals surface area (Å²) in [6, 6.07) is 1.76. The number of rotatable bonds is 5. The van der Waals surface area contributed by atoms with E-state index in [1.807, 2.05) is 0 Å². The first-order chi connectivity index (χ1) is 14.3. The Kier molecular flexibility index (Phi) is 5.74. The number of pyridine rings is 2. The first-order valence-corrected chi connectivity index (χ1v) is 11.0. The molecule has 0 radical (unpaired) electrons. The molecule has 3 aromatic rings. The van der Waals surface area contributed by atoms with E-state index in [1.165, 1.54) is 25.5 Å². The van der Waals surface area contributed by atoms with Crippen molar-refractivity contribution in [3.63, 3.8) is 0 Å². The number of nitrogens with zero attached hydrogens (tertiary/aromatic N) is 4. The van der Waals surface area contributed by atoms with Crippen LogP contribution in [0.25, 0.3) is 22.6 Å². The summed E-state index contributed by atoms with van der Waals surface area (Å²) < 4.78 is 67.2. The van der Waals surface area contributed by atoms with Crippen LogP contribution in [-0.2, 0) is 29.6 Å². The third kappa shape index (κ3) is 3.85. The van der Waals surface area contributed by atoms with Gasteiger partial charge in [-0.2, -0.15) is 13.2 Å². The normalized spacial score (nSPS) is 12.5. The van der Waals surface area contributed by atoms with Crippen LogP contribution in [-0.4, -0.2) is 38.5 Å². The molecule has 0 aliphatic rings. The molecule has 8 nitrogen and oxygen atoms in total. The number of carbonyl (C=O) groups excluding carboxylic acids is 1. The topological polar surface area (TPSA) is 104 Å². The highest BCUT2D eigenvalue weighted by Crippen LogP contribution is 2.32. The molecule has 0 N–H and O–H groups in total. The lowest BCUT2D eigenvalue weighted by atomic mass is 10.2. The zero-order valence-electron chi connectivity index (χ0n) is 16.5. The van der Waals surface area contributed by atoms with Gasteiger partial charge in [0.25, 0.3) is 10.8 Å². The van der Waals surface area contributed by atoms with E-state index >= 15 is 0 Å². The van der Waals surface area contributed by atoms with Crippen LogP contribution in [0.15, 0.2) is 28.0 Å². The molecule has 3 aromatic heterocycles.